The summed E-state index contributed by atoms with van der Waals surface area (Å²) in [6.45, 7) is 7.37. The van der Waals surface area contributed by atoms with Crippen LogP contribution < -0.4 is 10.2 Å². The third-order valence-electron chi connectivity index (χ3n) is 3.49. The van der Waals surface area contributed by atoms with Gasteiger partial charge in [0.2, 0.25) is 0 Å². The first-order valence-electron chi connectivity index (χ1n) is 6.48. The molecule has 1 N–H and O–H groups in total. The minimum atomic E-state index is 0.644. The number of nitrogens with one attached hydrogen (secondary N) is 1. The van der Waals surface area contributed by atoms with Gasteiger partial charge in [-0.3, -0.25) is 0 Å². The molecule has 0 radical (unpaired) electrons. The van der Waals surface area contributed by atoms with E-state index in [1.165, 1.54) is 24.1 Å². The summed E-state index contributed by atoms with van der Waals surface area (Å²) in [4.78, 5) is 2.45. The lowest BCUT2D eigenvalue weighted by Gasteiger charge is -2.24. The molecule has 0 bridgehead atoms. The molecule has 2 rings (SSSR count). The number of rotatable bonds is 4. The Morgan fingerprint density at radius 1 is 1.47 bits per heavy atom. The molecule has 1 heterocycles. The van der Waals surface area contributed by atoms with Crippen LogP contribution in [0.2, 0.25) is 5.02 Å². The van der Waals surface area contributed by atoms with Crippen LogP contribution in [0.5, 0.6) is 0 Å². The highest BCUT2D eigenvalue weighted by molar-refractivity contribution is 6.31. The van der Waals surface area contributed by atoms with Gasteiger partial charge in [0.05, 0.1) is 0 Å². The molecular formula is C14H21ClN2. The quantitative estimate of drug-likeness (QED) is 0.883. The van der Waals surface area contributed by atoms with E-state index in [-0.39, 0.29) is 0 Å². The van der Waals surface area contributed by atoms with E-state index < -0.39 is 0 Å². The average molecular weight is 253 g/mol. The molecule has 1 aromatic carbocycles. The first kappa shape index (κ1) is 12.7. The van der Waals surface area contributed by atoms with Crippen molar-refractivity contribution in [2.75, 3.05) is 18.0 Å². The molecule has 1 atom stereocenters. The second-order valence-electron chi connectivity index (χ2n) is 4.74. The highest BCUT2D eigenvalue weighted by Gasteiger charge is 2.20. The van der Waals surface area contributed by atoms with E-state index in [1.807, 2.05) is 0 Å². The van der Waals surface area contributed by atoms with Gasteiger partial charge in [-0.05, 0) is 44.0 Å². The Kier molecular flexibility index (Phi) is 4.30. The molecule has 0 aliphatic carbocycles. The third kappa shape index (κ3) is 2.93. The summed E-state index contributed by atoms with van der Waals surface area (Å²) in [6.07, 6.45) is 2.58. The molecular weight excluding hydrogens is 232 g/mol. The van der Waals surface area contributed by atoms with Gasteiger partial charge < -0.3 is 10.2 Å². The summed E-state index contributed by atoms with van der Waals surface area (Å²) in [5.41, 5.74) is 2.45. The predicted molar refractivity (Wildman–Crippen MR) is 74.9 cm³/mol. The number of benzene rings is 1. The van der Waals surface area contributed by atoms with Gasteiger partial charge in [0.25, 0.3) is 0 Å². The van der Waals surface area contributed by atoms with Crippen LogP contribution in [-0.4, -0.2) is 19.1 Å². The van der Waals surface area contributed by atoms with E-state index >= 15 is 0 Å². The molecule has 1 aromatic rings. The second kappa shape index (κ2) is 5.74. The molecule has 94 valence electrons. The van der Waals surface area contributed by atoms with Crippen molar-refractivity contribution in [1.29, 1.82) is 0 Å². The maximum atomic E-state index is 6.32. The summed E-state index contributed by atoms with van der Waals surface area (Å²) >= 11 is 6.32. The lowest BCUT2D eigenvalue weighted by atomic mass is 10.1. The maximum Gasteiger partial charge on any atom is 0.0471 e. The van der Waals surface area contributed by atoms with Gasteiger partial charge in [0, 0.05) is 29.8 Å². The van der Waals surface area contributed by atoms with Crippen LogP contribution in [-0.2, 0) is 6.54 Å². The summed E-state index contributed by atoms with van der Waals surface area (Å²) < 4.78 is 0. The van der Waals surface area contributed by atoms with Gasteiger partial charge in [-0.15, -0.1) is 0 Å². The minimum absolute atomic E-state index is 0.644. The molecule has 1 aliphatic rings. The Balaban J connectivity index is 2.12. The van der Waals surface area contributed by atoms with Crippen LogP contribution in [0, 0.1) is 0 Å². The van der Waals surface area contributed by atoms with Crippen LogP contribution in [0.15, 0.2) is 18.2 Å². The van der Waals surface area contributed by atoms with Crippen molar-refractivity contribution in [3.63, 3.8) is 0 Å². The third-order valence-corrected chi connectivity index (χ3v) is 3.84. The Morgan fingerprint density at radius 2 is 2.29 bits per heavy atom. The number of halogens is 1. The number of hydrogen-bond donors (Lipinski definition) is 1. The summed E-state index contributed by atoms with van der Waals surface area (Å²) in [5, 5.41) is 4.18. The zero-order valence-electron chi connectivity index (χ0n) is 10.7. The van der Waals surface area contributed by atoms with Crippen molar-refractivity contribution in [1.82, 2.24) is 5.32 Å². The molecule has 1 fully saturated rings. The molecule has 0 saturated carbocycles. The van der Waals surface area contributed by atoms with Gasteiger partial charge in [-0.1, -0.05) is 24.6 Å². The number of hydrogen-bond acceptors (Lipinski definition) is 2. The molecule has 2 nitrogen and oxygen atoms in total. The molecule has 1 aliphatic heterocycles. The first-order valence-corrected chi connectivity index (χ1v) is 6.86. The summed E-state index contributed by atoms with van der Waals surface area (Å²) in [5.74, 6) is 0. The largest absolute Gasteiger partial charge is 0.369 e. The standard InChI is InChI=1S/C14H21ClN2/c1-3-16-10-12-6-7-13(9-14(12)15)17-8-4-5-11(17)2/h6-7,9,11,16H,3-5,8,10H2,1-2H3. The van der Waals surface area contributed by atoms with Crippen molar-refractivity contribution in [3.05, 3.63) is 28.8 Å². The normalized spacial score (nSPS) is 19.9. The monoisotopic (exact) mass is 252 g/mol. The summed E-state index contributed by atoms with van der Waals surface area (Å²) in [6, 6.07) is 7.09. The van der Waals surface area contributed by atoms with E-state index in [4.69, 9.17) is 11.6 Å². The zero-order chi connectivity index (χ0) is 12.3. The molecule has 0 spiro atoms. The molecule has 3 heteroatoms. The summed E-state index contributed by atoms with van der Waals surface area (Å²) in [7, 11) is 0. The molecule has 17 heavy (non-hydrogen) atoms. The van der Waals surface area contributed by atoms with Crippen LogP contribution in [0.4, 0.5) is 5.69 Å². The number of nitrogens with zero attached hydrogens (tertiary/aromatic N) is 1. The highest BCUT2D eigenvalue weighted by Crippen LogP contribution is 2.29. The minimum Gasteiger partial charge on any atom is -0.369 e. The lowest BCUT2D eigenvalue weighted by Crippen LogP contribution is -2.26. The lowest BCUT2D eigenvalue weighted by molar-refractivity contribution is 0.724. The van der Waals surface area contributed by atoms with Crippen LogP contribution in [0.25, 0.3) is 0 Å². The molecule has 0 amide bonds. The molecule has 1 saturated heterocycles. The Hall–Kier alpha value is -0.730. The fraction of sp³-hybridized carbons (Fsp3) is 0.571. The highest BCUT2D eigenvalue weighted by atomic mass is 35.5. The predicted octanol–water partition coefficient (Wildman–Crippen LogP) is 3.44. The fourth-order valence-electron chi connectivity index (χ4n) is 2.43. The molecule has 1 unspecified atom stereocenters. The van der Waals surface area contributed by atoms with Gasteiger partial charge in [-0.25, -0.2) is 0 Å². The van der Waals surface area contributed by atoms with Crippen molar-refractivity contribution in [2.45, 2.75) is 39.3 Å². The van der Waals surface area contributed by atoms with E-state index in [0.29, 0.717) is 6.04 Å². The van der Waals surface area contributed by atoms with E-state index in [2.05, 4.69) is 42.3 Å². The zero-order valence-corrected chi connectivity index (χ0v) is 11.4. The van der Waals surface area contributed by atoms with Gasteiger partial charge in [0.1, 0.15) is 0 Å². The Morgan fingerprint density at radius 3 is 2.88 bits per heavy atom. The van der Waals surface area contributed by atoms with Crippen LogP contribution >= 0.6 is 11.6 Å². The van der Waals surface area contributed by atoms with Gasteiger partial charge in [-0.2, -0.15) is 0 Å². The SMILES string of the molecule is CCNCc1ccc(N2CCCC2C)cc1Cl. The average Bonchev–Trinajstić information content (AvgIpc) is 2.74. The van der Waals surface area contributed by atoms with Gasteiger partial charge in [0.15, 0.2) is 0 Å². The fourth-order valence-corrected chi connectivity index (χ4v) is 2.68. The van der Waals surface area contributed by atoms with Gasteiger partial charge >= 0.3 is 0 Å². The molecule has 0 aromatic heterocycles. The first-order chi connectivity index (χ1) is 8.22. The van der Waals surface area contributed by atoms with Crippen molar-refractivity contribution < 1.29 is 0 Å². The van der Waals surface area contributed by atoms with Crippen LogP contribution in [0.3, 0.4) is 0 Å². The van der Waals surface area contributed by atoms with E-state index in [9.17, 15) is 0 Å². The van der Waals surface area contributed by atoms with E-state index in [1.54, 1.807) is 0 Å². The maximum absolute atomic E-state index is 6.32. The van der Waals surface area contributed by atoms with Crippen molar-refractivity contribution in [2.24, 2.45) is 0 Å². The smallest absolute Gasteiger partial charge is 0.0471 e. The second-order valence-corrected chi connectivity index (χ2v) is 5.15. The number of anilines is 1. The van der Waals surface area contributed by atoms with Crippen molar-refractivity contribution in [3.8, 4) is 0 Å². The van der Waals surface area contributed by atoms with E-state index in [0.717, 1.165) is 24.7 Å². The Labute approximate surface area is 109 Å². The Bertz CT molecular complexity index is 378. The van der Waals surface area contributed by atoms with Crippen LogP contribution in [0.1, 0.15) is 32.3 Å². The topological polar surface area (TPSA) is 15.3 Å². The van der Waals surface area contributed by atoms with Crippen molar-refractivity contribution >= 4 is 17.3 Å².